The lowest BCUT2D eigenvalue weighted by molar-refractivity contribution is 0.0477. The highest BCUT2D eigenvalue weighted by Gasteiger charge is 2.46. The minimum absolute atomic E-state index is 0.339. The van der Waals surface area contributed by atoms with Gasteiger partial charge in [-0.05, 0) is 51.8 Å². The predicted molar refractivity (Wildman–Crippen MR) is 86.0 cm³/mol. The van der Waals surface area contributed by atoms with Gasteiger partial charge in [0.25, 0.3) is 0 Å². The van der Waals surface area contributed by atoms with E-state index < -0.39 is 11.7 Å². The van der Waals surface area contributed by atoms with Crippen LogP contribution in [-0.2, 0) is 4.74 Å². The highest BCUT2D eigenvalue weighted by molar-refractivity contribution is 9.10. The molecule has 1 amide bonds. The van der Waals surface area contributed by atoms with Crippen molar-refractivity contribution in [2.45, 2.75) is 44.8 Å². The average Bonchev–Trinajstić information content (AvgIpc) is 3.08. The van der Waals surface area contributed by atoms with E-state index in [9.17, 15) is 4.79 Å². The van der Waals surface area contributed by atoms with E-state index in [2.05, 4.69) is 21.2 Å². The van der Waals surface area contributed by atoms with E-state index in [0.29, 0.717) is 17.4 Å². The summed E-state index contributed by atoms with van der Waals surface area (Å²) in [6.45, 7) is 5.89. The third kappa shape index (κ3) is 5.08. The highest BCUT2D eigenvalue weighted by Crippen LogP contribution is 2.37. The Kier molecular flexibility index (Phi) is 4.73. The standard InChI is InChI=1S/C15H19BrClNO3/c1-14(2,3)21-13(19)18-15(6-7-15)9-20-12-8-10(16)4-5-11(12)17/h4-5,8H,6-7,9H2,1-3H3,(H,18,19). The maximum absolute atomic E-state index is 11.8. The molecule has 0 heterocycles. The van der Waals surface area contributed by atoms with E-state index in [1.807, 2.05) is 32.9 Å². The lowest BCUT2D eigenvalue weighted by atomic mass is 10.2. The monoisotopic (exact) mass is 375 g/mol. The summed E-state index contributed by atoms with van der Waals surface area (Å²) in [4.78, 5) is 11.8. The fourth-order valence-electron chi connectivity index (χ4n) is 1.78. The van der Waals surface area contributed by atoms with Crippen LogP contribution >= 0.6 is 27.5 Å². The minimum Gasteiger partial charge on any atom is -0.490 e. The van der Waals surface area contributed by atoms with E-state index >= 15 is 0 Å². The molecular weight excluding hydrogens is 358 g/mol. The lowest BCUT2D eigenvalue weighted by Gasteiger charge is -2.23. The third-order valence-electron chi connectivity index (χ3n) is 3.02. The molecule has 1 aliphatic rings. The number of hydrogen-bond acceptors (Lipinski definition) is 3. The molecule has 1 aromatic carbocycles. The van der Waals surface area contributed by atoms with Gasteiger partial charge in [0.1, 0.15) is 18.0 Å². The van der Waals surface area contributed by atoms with Crippen molar-refractivity contribution in [3.8, 4) is 5.75 Å². The molecular formula is C15H19BrClNO3. The van der Waals surface area contributed by atoms with Crippen LogP contribution < -0.4 is 10.1 Å². The van der Waals surface area contributed by atoms with E-state index in [-0.39, 0.29) is 5.54 Å². The fraction of sp³-hybridized carbons (Fsp3) is 0.533. The van der Waals surface area contributed by atoms with Crippen molar-refractivity contribution in [2.24, 2.45) is 0 Å². The number of halogens is 2. The van der Waals surface area contributed by atoms with Crippen LogP contribution in [0.1, 0.15) is 33.6 Å². The molecule has 6 heteroatoms. The van der Waals surface area contributed by atoms with Crippen molar-refractivity contribution in [1.29, 1.82) is 0 Å². The first kappa shape index (κ1) is 16.4. The van der Waals surface area contributed by atoms with E-state index in [4.69, 9.17) is 21.1 Å². The molecule has 0 aliphatic heterocycles. The zero-order chi connectivity index (χ0) is 15.7. The van der Waals surface area contributed by atoms with Gasteiger partial charge in [0.2, 0.25) is 0 Å². The fourth-order valence-corrected chi connectivity index (χ4v) is 2.29. The molecule has 0 aromatic heterocycles. The van der Waals surface area contributed by atoms with E-state index in [0.717, 1.165) is 17.3 Å². The van der Waals surface area contributed by atoms with Gasteiger partial charge < -0.3 is 14.8 Å². The zero-order valence-corrected chi connectivity index (χ0v) is 14.7. The van der Waals surface area contributed by atoms with Gasteiger partial charge in [0.05, 0.1) is 10.6 Å². The van der Waals surface area contributed by atoms with Crippen molar-refractivity contribution < 1.29 is 14.3 Å². The average molecular weight is 377 g/mol. The van der Waals surface area contributed by atoms with Gasteiger partial charge in [-0.2, -0.15) is 0 Å². The number of carbonyl (C=O) groups excluding carboxylic acids is 1. The molecule has 21 heavy (non-hydrogen) atoms. The number of rotatable bonds is 4. The van der Waals surface area contributed by atoms with Crippen molar-refractivity contribution in [3.05, 3.63) is 27.7 Å². The number of carbonyl (C=O) groups is 1. The Bertz CT molecular complexity index is 538. The second-order valence-corrected chi connectivity index (χ2v) is 7.59. The van der Waals surface area contributed by atoms with Gasteiger partial charge in [-0.25, -0.2) is 4.79 Å². The molecule has 1 saturated carbocycles. The van der Waals surface area contributed by atoms with Crippen LogP contribution in [0.25, 0.3) is 0 Å². The smallest absolute Gasteiger partial charge is 0.408 e. The van der Waals surface area contributed by atoms with Gasteiger partial charge in [0.15, 0.2) is 0 Å². The topological polar surface area (TPSA) is 47.6 Å². The first-order valence-corrected chi connectivity index (χ1v) is 7.95. The van der Waals surface area contributed by atoms with Crippen LogP contribution in [0, 0.1) is 0 Å². The lowest BCUT2D eigenvalue weighted by Crippen LogP contribution is -2.44. The van der Waals surface area contributed by atoms with Crippen molar-refractivity contribution >= 4 is 33.6 Å². The Morgan fingerprint density at radius 1 is 1.43 bits per heavy atom. The molecule has 0 atom stereocenters. The van der Waals surface area contributed by atoms with Crippen LogP contribution in [0.5, 0.6) is 5.75 Å². The quantitative estimate of drug-likeness (QED) is 0.839. The Hall–Kier alpha value is -0.940. The van der Waals surface area contributed by atoms with Crippen LogP contribution in [0.15, 0.2) is 22.7 Å². The van der Waals surface area contributed by atoms with E-state index in [1.165, 1.54) is 0 Å². The maximum atomic E-state index is 11.8. The van der Waals surface area contributed by atoms with Gasteiger partial charge in [-0.1, -0.05) is 27.5 Å². The number of benzene rings is 1. The van der Waals surface area contributed by atoms with Crippen LogP contribution in [0.4, 0.5) is 4.79 Å². The van der Waals surface area contributed by atoms with Crippen molar-refractivity contribution in [3.63, 3.8) is 0 Å². The number of amides is 1. The molecule has 0 saturated heterocycles. The van der Waals surface area contributed by atoms with Gasteiger partial charge in [-0.15, -0.1) is 0 Å². The van der Waals surface area contributed by atoms with Crippen molar-refractivity contribution in [2.75, 3.05) is 6.61 Å². The van der Waals surface area contributed by atoms with Gasteiger partial charge >= 0.3 is 6.09 Å². The number of alkyl carbamates (subject to hydrolysis) is 1. The molecule has 1 aromatic rings. The summed E-state index contributed by atoms with van der Waals surface area (Å²) in [7, 11) is 0. The molecule has 0 spiro atoms. The predicted octanol–water partition coefficient (Wildman–Crippen LogP) is 4.54. The van der Waals surface area contributed by atoms with Crippen LogP contribution in [0.3, 0.4) is 0 Å². The highest BCUT2D eigenvalue weighted by atomic mass is 79.9. The van der Waals surface area contributed by atoms with Crippen LogP contribution in [0.2, 0.25) is 5.02 Å². The second-order valence-electron chi connectivity index (χ2n) is 6.27. The number of hydrogen-bond donors (Lipinski definition) is 1. The molecule has 1 fully saturated rings. The first-order valence-electron chi connectivity index (χ1n) is 6.78. The molecule has 4 nitrogen and oxygen atoms in total. The molecule has 0 radical (unpaired) electrons. The Morgan fingerprint density at radius 2 is 2.10 bits per heavy atom. The molecule has 1 aliphatic carbocycles. The normalized spacial score (nSPS) is 16.2. The van der Waals surface area contributed by atoms with Gasteiger partial charge in [-0.3, -0.25) is 0 Å². The summed E-state index contributed by atoms with van der Waals surface area (Å²) < 4.78 is 11.9. The zero-order valence-electron chi connectivity index (χ0n) is 12.3. The van der Waals surface area contributed by atoms with Crippen molar-refractivity contribution in [1.82, 2.24) is 5.32 Å². The molecule has 116 valence electrons. The summed E-state index contributed by atoms with van der Waals surface area (Å²) in [6, 6.07) is 5.43. The molecule has 0 unspecified atom stereocenters. The SMILES string of the molecule is CC(C)(C)OC(=O)NC1(COc2cc(Br)ccc2Cl)CC1. The summed E-state index contributed by atoms with van der Waals surface area (Å²) in [5.74, 6) is 0.600. The number of nitrogens with one attached hydrogen (secondary N) is 1. The Morgan fingerprint density at radius 3 is 2.67 bits per heavy atom. The largest absolute Gasteiger partial charge is 0.490 e. The third-order valence-corrected chi connectivity index (χ3v) is 3.82. The summed E-state index contributed by atoms with van der Waals surface area (Å²) >= 11 is 9.46. The summed E-state index contributed by atoms with van der Waals surface area (Å²) in [5, 5.41) is 3.43. The Balaban J connectivity index is 1.90. The second kappa shape index (κ2) is 6.05. The number of ether oxygens (including phenoxy) is 2. The summed E-state index contributed by atoms with van der Waals surface area (Å²) in [5.41, 5.74) is -0.845. The first-order chi connectivity index (χ1) is 9.69. The minimum atomic E-state index is -0.505. The van der Waals surface area contributed by atoms with Crippen LogP contribution in [-0.4, -0.2) is 23.8 Å². The van der Waals surface area contributed by atoms with Gasteiger partial charge in [0, 0.05) is 4.47 Å². The summed E-state index contributed by atoms with van der Waals surface area (Å²) in [6.07, 6.45) is 1.33. The molecule has 2 rings (SSSR count). The Labute approximate surface area is 138 Å². The van der Waals surface area contributed by atoms with E-state index in [1.54, 1.807) is 6.07 Å². The molecule has 0 bridgehead atoms. The maximum Gasteiger partial charge on any atom is 0.408 e. The molecule has 1 N–H and O–H groups in total.